The Morgan fingerprint density at radius 1 is 0.611 bits per heavy atom. The summed E-state index contributed by atoms with van der Waals surface area (Å²) >= 11 is 0. The van der Waals surface area contributed by atoms with E-state index in [1.165, 1.54) is 114 Å². The van der Waals surface area contributed by atoms with E-state index >= 15 is 0 Å². The van der Waals surface area contributed by atoms with E-state index in [0.717, 1.165) is 5.56 Å². The summed E-state index contributed by atoms with van der Waals surface area (Å²) in [5.41, 5.74) is 4.20. The van der Waals surface area contributed by atoms with Crippen molar-refractivity contribution in [1.29, 1.82) is 0 Å². The van der Waals surface area contributed by atoms with Crippen molar-refractivity contribution in [2.24, 2.45) is 5.92 Å². The molecule has 0 N–H and O–H groups in total. The predicted octanol–water partition coefficient (Wildman–Crippen LogP) is 10.7. The van der Waals surface area contributed by atoms with Gasteiger partial charge in [-0.2, -0.15) is 0 Å². The Balaban J connectivity index is 1.78. The first-order chi connectivity index (χ1) is 17.6. The van der Waals surface area contributed by atoms with Gasteiger partial charge in [-0.1, -0.05) is 146 Å². The van der Waals surface area contributed by atoms with Crippen LogP contribution < -0.4 is 0 Å². The molecule has 2 heteroatoms. The summed E-state index contributed by atoms with van der Waals surface area (Å²) in [6, 6.07) is 16.3. The molecule has 0 radical (unpaired) electrons. The van der Waals surface area contributed by atoms with E-state index in [4.69, 9.17) is 4.74 Å². The molecule has 2 aromatic rings. The lowest BCUT2D eigenvalue weighted by molar-refractivity contribution is 0.0422. The van der Waals surface area contributed by atoms with E-state index < -0.39 is 0 Å². The first-order valence-corrected chi connectivity index (χ1v) is 15.0. The molecule has 2 nitrogen and oxygen atoms in total. The highest BCUT2D eigenvalue weighted by atomic mass is 16.5. The number of aryl methyl sites for hydroxylation is 1. The van der Waals surface area contributed by atoms with E-state index in [2.05, 4.69) is 45.0 Å². The average Bonchev–Trinajstić information content (AvgIpc) is 2.90. The standard InChI is InChI=1S/C34H52O2/c1-4-6-8-10-12-13-15-17-19-30(18-16-14-11-9-7-5-2)28-36-34(35)33-26-24-32(25-27-33)31-22-20-29(3)21-23-31/h20-27,30H,4-19,28H2,1-3H3. The Kier molecular flexibility index (Phi) is 16.0. The second kappa shape index (κ2) is 19.1. The van der Waals surface area contributed by atoms with Crippen molar-refractivity contribution in [2.75, 3.05) is 6.61 Å². The molecule has 0 aliphatic heterocycles. The molecule has 0 bridgehead atoms. The normalized spacial score (nSPS) is 12.0. The Hall–Kier alpha value is -2.09. The third-order valence-electron chi connectivity index (χ3n) is 7.39. The first-order valence-electron chi connectivity index (χ1n) is 15.0. The molecular formula is C34H52O2. The largest absolute Gasteiger partial charge is 0.462 e. The summed E-state index contributed by atoms with van der Waals surface area (Å²) in [6.45, 7) is 7.20. The maximum atomic E-state index is 12.8. The molecule has 36 heavy (non-hydrogen) atoms. The highest BCUT2D eigenvalue weighted by molar-refractivity contribution is 5.90. The van der Waals surface area contributed by atoms with Crippen LogP contribution >= 0.6 is 0 Å². The molecule has 2 aromatic carbocycles. The quantitative estimate of drug-likeness (QED) is 0.136. The second-order valence-electron chi connectivity index (χ2n) is 10.7. The number of benzene rings is 2. The fourth-order valence-corrected chi connectivity index (χ4v) is 4.91. The summed E-state index contributed by atoms with van der Waals surface area (Å²) in [5.74, 6) is 0.307. The summed E-state index contributed by atoms with van der Waals surface area (Å²) in [5, 5.41) is 0. The lowest BCUT2D eigenvalue weighted by Crippen LogP contribution is -2.15. The Morgan fingerprint density at radius 2 is 1.03 bits per heavy atom. The van der Waals surface area contributed by atoms with Gasteiger partial charge in [-0.05, 0) is 48.9 Å². The highest BCUT2D eigenvalue weighted by Gasteiger charge is 2.14. The van der Waals surface area contributed by atoms with E-state index in [1.54, 1.807) is 0 Å². The Morgan fingerprint density at radius 3 is 1.50 bits per heavy atom. The molecule has 0 saturated heterocycles. The summed E-state index contributed by atoms with van der Waals surface area (Å²) in [4.78, 5) is 12.8. The van der Waals surface area contributed by atoms with Crippen LogP contribution in [-0.4, -0.2) is 12.6 Å². The number of rotatable bonds is 20. The van der Waals surface area contributed by atoms with Crippen LogP contribution in [0.2, 0.25) is 0 Å². The fraction of sp³-hybridized carbons (Fsp3) is 0.618. The maximum Gasteiger partial charge on any atom is 0.338 e. The van der Waals surface area contributed by atoms with Crippen molar-refractivity contribution in [3.05, 3.63) is 59.7 Å². The van der Waals surface area contributed by atoms with Crippen LogP contribution in [0.15, 0.2) is 48.5 Å². The van der Waals surface area contributed by atoms with E-state index in [-0.39, 0.29) is 5.97 Å². The molecule has 0 spiro atoms. The van der Waals surface area contributed by atoms with Gasteiger partial charge in [0.1, 0.15) is 0 Å². The number of esters is 1. The van der Waals surface area contributed by atoms with Gasteiger partial charge in [-0.25, -0.2) is 4.79 Å². The topological polar surface area (TPSA) is 26.3 Å². The lowest BCUT2D eigenvalue weighted by atomic mass is 9.94. The van der Waals surface area contributed by atoms with Crippen molar-refractivity contribution in [3.63, 3.8) is 0 Å². The number of ether oxygens (including phenoxy) is 1. The third-order valence-corrected chi connectivity index (χ3v) is 7.39. The van der Waals surface area contributed by atoms with Gasteiger partial charge in [-0.3, -0.25) is 0 Å². The summed E-state index contributed by atoms with van der Waals surface area (Å²) in [7, 11) is 0. The van der Waals surface area contributed by atoms with Gasteiger partial charge >= 0.3 is 5.97 Å². The van der Waals surface area contributed by atoms with Crippen LogP contribution in [0.4, 0.5) is 0 Å². The van der Waals surface area contributed by atoms with Gasteiger partial charge in [0, 0.05) is 0 Å². The number of unbranched alkanes of at least 4 members (excludes halogenated alkanes) is 12. The Labute approximate surface area is 222 Å². The molecule has 0 amide bonds. The third kappa shape index (κ3) is 12.7. The van der Waals surface area contributed by atoms with E-state index in [0.29, 0.717) is 18.1 Å². The lowest BCUT2D eigenvalue weighted by Gasteiger charge is -2.17. The Bertz CT molecular complexity index is 806. The van der Waals surface area contributed by atoms with Gasteiger partial charge in [-0.15, -0.1) is 0 Å². The smallest absolute Gasteiger partial charge is 0.338 e. The molecule has 0 aliphatic carbocycles. The van der Waals surface area contributed by atoms with Crippen LogP contribution in [0, 0.1) is 12.8 Å². The van der Waals surface area contributed by atoms with Crippen molar-refractivity contribution in [2.45, 2.75) is 124 Å². The summed E-state index contributed by atoms with van der Waals surface area (Å²) in [6.07, 6.45) is 21.0. The zero-order chi connectivity index (χ0) is 25.8. The van der Waals surface area contributed by atoms with Crippen LogP contribution in [0.3, 0.4) is 0 Å². The molecule has 0 aliphatic rings. The molecule has 1 atom stereocenters. The van der Waals surface area contributed by atoms with Crippen LogP contribution in [0.25, 0.3) is 11.1 Å². The van der Waals surface area contributed by atoms with Crippen molar-refractivity contribution >= 4 is 5.97 Å². The van der Waals surface area contributed by atoms with E-state index in [9.17, 15) is 4.79 Å². The highest BCUT2D eigenvalue weighted by Crippen LogP contribution is 2.23. The minimum atomic E-state index is -0.186. The van der Waals surface area contributed by atoms with Gasteiger partial charge in [0.2, 0.25) is 0 Å². The minimum Gasteiger partial charge on any atom is -0.462 e. The first kappa shape index (κ1) is 30.1. The molecule has 0 heterocycles. The second-order valence-corrected chi connectivity index (χ2v) is 10.7. The zero-order valence-electron chi connectivity index (χ0n) is 23.5. The fourth-order valence-electron chi connectivity index (χ4n) is 4.91. The molecule has 200 valence electrons. The predicted molar refractivity (Wildman–Crippen MR) is 156 cm³/mol. The van der Waals surface area contributed by atoms with Crippen molar-refractivity contribution in [3.8, 4) is 11.1 Å². The molecule has 0 saturated carbocycles. The zero-order valence-corrected chi connectivity index (χ0v) is 23.5. The number of carbonyl (C=O) groups excluding carboxylic acids is 1. The molecular weight excluding hydrogens is 440 g/mol. The minimum absolute atomic E-state index is 0.186. The SMILES string of the molecule is CCCCCCCCCCC(CCCCCCCC)COC(=O)c1ccc(-c2ccc(C)cc2)cc1. The monoisotopic (exact) mass is 492 g/mol. The molecule has 0 aromatic heterocycles. The number of hydrogen-bond donors (Lipinski definition) is 0. The molecule has 2 rings (SSSR count). The van der Waals surface area contributed by atoms with Crippen LogP contribution in [0.5, 0.6) is 0 Å². The van der Waals surface area contributed by atoms with E-state index in [1.807, 2.05) is 24.3 Å². The van der Waals surface area contributed by atoms with Crippen LogP contribution in [-0.2, 0) is 4.74 Å². The van der Waals surface area contributed by atoms with Crippen LogP contribution in [0.1, 0.15) is 133 Å². The summed E-state index contributed by atoms with van der Waals surface area (Å²) < 4.78 is 5.83. The number of hydrogen-bond acceptors (Lipinski definition) is 2. The molecule has 0 fully saturated rings. The number of carbonyl (C=O) groups is 1. The van der Waals surface area contributed by atoms with Gasteiger partial charge in [0.05, 0.1) is 12.2 Å². The van der Waals surface area contributed by atoms with Gasteiger partial charge in [0.25, 0.3) is 0 Å². The average molecular weight is 493 g/mol. The van der Waals surface area contributed by atoms with Gasteiger partial charge < -0.3 is 4.74 Å². The van der Waals surface area contributed by atoms with Crippen molar-refractivity contribution < 1.29 is 9.53 Å². The van der Waals surface area contributed by atoms with Gasteiger partial charge in [0.15, 0.2) is 0 Å². The molecule has 1 unspecified atom stereocenters. The van der Waals surface area contributed by atoms with Crippen molar-refractivity contribution in [1.82, 2.24) is 0 Å². The maximum absolute atomic E-state index is 12.8.